The number of phosphoric acid groups is 1. The number of aliphatic hydroxyl groups excluding tert-OH is 1. The maximum absolute atomic E-state index is 13.6. The van der Waals surface area contributed by atoms with Crippen LogP contribution in [0.2, 0.25) is 0 Å². The molecule has 0 fully saturated rings. The summed E-state index contributed by atoms with van der Waals surface area (Å²) >= 11 is 0. The molecule has 0 saturated carbocycles. The number of nitrogens with one attached hydrogen (secondary N) is 4. The van der Waals surface area contributed by atoms with Gasteiger partial charge in [-0.2, -0.15) is 12.8 Å². The molecule has 19 nitrogen and oxygen atoms in total. The van der Waals surface area contributed by atoms with Crippen molar-refractivity contribution in [2.45, 2.75) is 376 Å². The van der Waals surface area contributed by atoms with Gasteiger partial charge < -0.3 is 68.2 Å². The Labute approximate surface area is 826 Å². The summed E-state index contributed by atoms with van der Waals surface area (Å²) in [5.74, 6) is 58.3. The molecule has 0 aromatic heterocycles. The van der Waals surface area contributed by atoms with Gasteiger partial charge >= 0.3 is 36.5 Å². The van der Waals surface area contributed by atoms with Crippen LogP contribution in [0.4, 0.5) is 9.59 Å². The van der Waals surface area contributed by atoms with Gasteiger partial charge in [-0.3, -0.25) is 23.2 Å². The van der Waals surface area contributed by atoms with Gasteiger partial charge in [0.25, 0.3) is 0 Å². The molecule has 0 aliphatic rings. The molecule has 22 heteroatoms. The van der Waals surface area contributed by atoms with Crippen molar-refractivity contribution in [3.63, 3.8) is 0 Å². The van der Waals surface area contributed by atoms with Crippen molar-refractivity contribution in [1.29, 1.82) is 0 Å². The number of carbonyl (C=O) groups is 4. The Balaban J connectivity index is -0.0000000572. The molecule has 5 N–H and O–H groups in total. The smallest absolute Gasteiger partial charge is 0.444 e. The number of carbonyl (C=O) groups excluding carboxylic acids is 4. The minimum atomic E-state index is -4.11. The molecule has 0 aliphatic heterocycles. The van der Waals surface area contributed by atoms with E-state index < -0.39 is 37.3 Å². The third-order valence-electron chi connectivity index (χ3n) is 17.5. The van der Waals surface area contributed by atoms with Gasteiger partial charge in [-0.15, -0.1) is 26.0 Å². The fraction of sp³-hybridized carbons (Fsp3) is 0.679. The molecule has 2 unspecified atom stereocenters. The molecule has 764 valence electrons. The summed E-state index contributed by atoms with van der Waals surface area (Å²) in [4.78, 5) is 48.7. The number of phosphoric ester groups is 1. The first-order chi connectivity index (χ1) is 61.4. The first-order valence-electron chi connectivity index (χ1n) is 46.9. The van der Waals surface area contributed by atoms with E-state index in [9.17, 15) is 28.8 Å². The summed E-state index contributed by atoms with van der Waals surface area (Å²) in [5, 5.41) is 20.8. The number of rotatable bonds is 68. The van der Waals surface area contributed by atoms with E-state index in [-0.39, 0.29) is 114 Å². The Kier molecular flexibility index (Phi) is 108. The van der Waals surface area contributed by atoms with Crippen LogP contribution >= 0.6 is 16.9 Å². The van der Waals surface area contributed by atoms with Gasteiger partial charge in [-0.05, 0) is 210 Å². The van der Waals surface area contributed by atoms with E-state index in [1.165, 1.54) is 173 Å². The monoisotopic (exact) mass is 1900 g/mol. The molecule has 0 bridgehead atoms. The van der Waals surface area contributed by atoms with Crippen molar-refractivity contribution < 1.29 is 118 Å². The average molecular weight is 1900 g/mol. The van der Waals surface area contributed by atoms with E-state index in [1.54, 1.807) is 26.8 Å². The normalized spacial score (nSPS) is 11.3. The zero-order chi connectivity index (χ0) is 95.2. The van der Waals surface area contributed by atoms with Crippen molar-refractivity contribution in [1.82, 2.24) is 21.3 Å². The first-order valence-corrected chi connectivity index (χ1v) is 49.2. The first kappa shape index (κ1) is 131. The Hall–Kier alpha value is -7.49. The summed E-state index contributed by atoms with van der Waals surface area (Å²) in [6.07, 6.45) is 59.1. The van der Waals surface area contributed by atoms with Crippen molar-refractivity contribution in [3.8, 4) is 143 Å². The van der Waals surface area contributed by atoms with Gasteiger partial charge in [-0.25, -0.2) is 14.2 Å². The summed E-state index contributed by atoms with van der Waals surface area (Å²) in [5.41, 5.74) is -1.14. The summed E-state index contributed by atoms with van der Waals surface area (Å²) in [6.45, 7) is 39.9. The fourth-order valence-electron chi connectivity index (χ4n) is 11.2. The zero-order valence-electron chi connectivity index (χ0n) is 81.1. The molecule has 0 saturated heterocycles. The molecule has 6 atom stereocenters. The molecular weight excluding hydrogens is 1690 g/mol. The van der Waals surface area contributed by atoms with Gasteiger partial charge in [0.15, 0.2) is 9.03 Å². The molecule has 128 heavy (non-hydrogen) atoms. The molecule has 0 aromatic carbocycles. The Morgan fingerprint density at radius 1 is 0.422 bits per heavy atom. The second-order valence-corrected chi connectivity index (χ2v) is 34.4. The van der Waals surface area contributed by atoms with Crippen LogP contribution in [0.1, 0.15) is 384 Å². The number of ether oxygens (including phenoxy) is 4. The summed E-state index contributed by atoms with van der Waals surface area (Å²) in [7, 11) is -4.14. The molecule has 0 heterocycles. The number of hydrogen-bond donors (Lipinski definition) is 5. The van der Waals surface area contributed by atoms with Gasteiger partial charge in [0, 0.05) is 83.4 Å². The standard InChI is InChI=1S/C50H75N2O8P.C40H57NO3.C10H20NO4P.2C3H7.Ni.22H2/c1-8-12-15-18-20-22-24-26-28-31-34-37-46(36-33-30-17-14-10-3)39-42-56-44-47(52-48(53)38-35-32-29-27-25-23-21-19-16-13-9-2)45-59-61(55,57-41-11-4)58-43-40-51-49(54)60-50(5,6)7;1-4-7-10-13-15-17-19-21-23-26-29-32-38(31-28-25-12-9-6-3)34-35-44-37-39(36-42)41-40(43)33-30-27-24-22-20-18-16-14-11-8-5-2;1-5-7-13-16-14-8-6-11-9(12)15-10(2,3)4;2*1-3-2;;;;;;;;;;;;;;;;;;;;;;;/h1,11,46-47H,4,9-10,13-14,16-17,19,21,23,25,27,29-30,32-33,35-45H2,2-3,5-7H3,(H,51,54)(H,52,53);1,38-39,42H,5-6,8-9,11-12,14,16,18,20,22,24-25,27-28,30-37H2,2-3H3,(H,41,43);5,16H,1,6-8H2,2-4H3,(H,11,12);2*1,3H2,2H3;;22*1H/q;;;2*-1;+2;;;;;;;;;;;;;;;;;;;;;;/t46-,47-,61?;38-,39+;;;;;;;;;;;;;;;;;;;;;;;;;;/m11........................../s1. The van der Waals surface area contributed by atoms with Crippen LogP contribution in [0.25, 0.3) is 0 Å². The second kappa shape index (κ2) is 105. The third kappa shape index (κ3) is 113. The molecule has 0 rings (SSSR count). The van der Waals surface area contributed by atoms with Crippen LogP contribution < -0.4 is 21.3 Å². The third-order valence-corrected chi connectivity index (χ3v) is 19.5. The zero-order valence-corrected chi connectivity index (χ0v) is 83.9. The number of hydrogen-bond acceptors (Lipinski definition) is 15. The SMILES string of the molecule is C#CC#CC#CC#CC#CC#CC[C@@H](CCCCCCC)CCOC[C@H](CO)NC(=O)CCCCCCCCCCCCC.C#CC#CC#CC#CC#CC#CC[C@@H](CCCCCCC)CCOC[C@H](COP(=O)(OCC=C)OCCNC(=O)OC(C)(C)C)NC(=O)CCCCCCCCCCCCC.C=CCOPOCCNC(=O)OC(C)(C)C.[CH2-]CC.[CH2-]CC.[HH].[HH].[HH].[HH].[HH].[HH].[HH].[HH].[HH].[HH].[HH].[HH].[HH].[HH].[HH].[HH].[HH].[HH].[HH].[HH].[HH].[HH].[Ni+2]. The van der Waals surface area contributed by atoms with E-state index in [1.807, 2.05) is 34.6 Å². The van der Waals surface area contributed by atoms with Gasteiger partial charge in [0.05, 0.1) is 64.9 Å². The number of amides is 4. The van der Waals surface area contributed by atoms with Crippen molar-refractivity contribution in [2.75, 3.05) is 79.2 Å². The number of terminal acetylenes is 2. The van der Waals surface area contributed by atoms with Crippen LogP contribution in [-0.4, -0.2) is 132 Å². The quantitative estimate of drug-likeness (QED) is 0.00951. The number of alkyl carbamates (subject to hydrolysis) is 2. The van der Waals surface area contributed by atoms with Gasteiger partial charge in [-0.1, -0.05) is 258 Å². The van der Waals surface area contributed by atoms with Gasteiger partial charge in [0.2, 0.25) is 11.8 Å². The van der Waals surface area contributed by atoms with Crippen LogP contribution in [0.5, 0.6) is 0 Å². The van der Waals surface area contributed by atoms with Gasteiger partial charge in [0.1, 0.15) is 11.2 Å². The Morgan fingerprint density at radius 2 is 0.742 bits per heavy atom. The minimum Gasteiger partial charge on any atom is -0.444 e. The largest absolute Gasteiger partial charge is 2.00 e. The van der Waals surface area contributed by atoms with E-state index in [0.717, 1.165) is 83.5 Å². The fourth-order valence-corrected chi connectivity index (χ4v) is 12.9. The Bertz CT molecular complexity index is 3680. The number of aliphatic hydroxyl groups is 1. The minimum absolute atomic E-state index is 0. The van der Waals surface area contributed by atoms with Crippen LogP contribution in [0.3, 0.4) is 0 Å². The van der Waals surface area contributed by atoms with Crippen molar-refractivity contribution in [2.24, 2.45) is 11.8 Å². The van der Waals surface area contributed by atoms with E-state index in [0.29, 0.717) is 70.7 Å². The topological polar surface area (TPSA) is 237 Å². The van der Waals surface area contributed by atoms with E-state index in [4.69, 9.17) is 54.4 Å². The van der Waals surface area contributed by atoms with Crippen LogP contribution in [0.15, 0.2) is 25.3 Å². The summed E-state index contributed by atoms with van der Waals surface area (Å²) < 4.78 is 62.7. The molecule has 0 aromatic rings. The second-order valence-electron chi connectivity index (χ2n) is 32.0. The number of unbranched alkanes of at least 4 members (excludes halogenated alkanes) is 28. The maximum atomic E-state index is 13.6. The predicted molar refractivity (Wildman–Crippen MR) is 575 cm³/mol. The van der Waals surface area contributed by atoms with Crippen molar-refractivity contribution in [3.05, 3.63) is 39.2 Å². The van der Waals surface area contributed by atoms with Crippen LogP contribution in [-0.2, 0) is 72.2 Å². The van der Waals surface area contributed by atoms with Crippen LogP contribution in [0, 0.1) is 169 Å². The van der Waals surface area contributed by atoms with E-state index >= 15 is 0 Å². The molecule has 4 amide bonds. The van der Waals surface area contributed by atoms with E-state index in [2.05, 4.69) is 206 Å². The Morgan fingerprint density at radius 3 is 1.09 bits per heavy atom. The maximum Gasteiger partial charge on any atom is 2.00 e. The molecule has 0 aliphatic carbocycles. The molecular formula is C106H210N4NiO15P2. The molecule has 0 spiro atoms. The molecule has 0 radical (unpaired) electrons. The summed E-state index contributed by atoms with van der Waals surface area (Å²) in [6, 6.07) is -0.991. The predicted octanol–water partition coefficient (Wildman–Crippen LogP) is 28.2. The average Bonchev–Trinajstić information content (AvgIpc) is 0.881. The van der Waals surface area contributed by atoms with Crippen molar-refractivity contribution >= 4 is 40.9 Å².